The van der Waals surface area contributed by atoms with E-state index < -0.39 is 11.6 Å². The molecule has 1 aliphatic rings. The van der Waals surface area contributed by atoms with E-state index in [-0.39, 0.29) is 6.61 Å². The maximum Gasteiger partial charge on any atom is 0.338 e. The van der Waals surface area contributed by atoms with Crippen LogP contribution in [0.5, 0.6) is 0 Å². The molecule has 1 aliphatic carbocycles. The van der Waals surface area contributed by atoms with Gasteiger partial charge in [0.15, 0.2) is 5.60 Å². The summed E-state index contributed by atoms with van der Waals surface area (Å²) in [6.07, 6.45) is 4.91. The molecular weight excluding hydrogens is 208 g/mol. The Balaban J connectivity index is 2.18. The molecule has 0 saturated heterocycles. The van der Waals surface area contributed by atoms with Crippen molar-refractivity contribution in [3.63, 3.8) is 0 Å². The molecule has 0 aromatic heterocycles. The van der Waals surface area contributed by atoms with Crippen LogP contribution in [0, 0.1) is 0 Å². The molecule has 4 heteroatoms. The predicted molar refractivity (Wildman–Crippen MR) is 60.1 cm³/mol. The Labute approximate surface area is 96.9 Å². The van der Waals surface area contributed by atoms with Crippen molar-refractivity contribution < 1.29 is 19.4 Å². The summed E-state index contributed by atoms with van der Waals surface area (Å²) in [7, 11) is 0. The second kappa shape index (κ2) is 6.86. The Kier molecular flexibility index (Phi) is 5.77. The van der Waals surface area contributed by atoms with Gasteiger partial charge >= 0.3 is 5.97 Å². The molecule has 0 aromatic carbocycles. The van der Waals surface area contributed by atoms with E-state index in [1.807, 2.05) is 6.92 Å². The Morgan fingerprint density at radius 1 is 1.19 bits per heavy atom. The van der Waals surface area contributed by atoms with Crippen molar-refractivity contribution in [3.05, 3.63) is 0 Å². The third-order valence-corrected chi connectivity index (χ3v) is 2.87. The molecule has 0 amide bonds. The van der Waals surface area contributed by atoms with Crippen molar-refractivity contribution in [1.29, 1.82) is 0 Å². The van der Waals surface area contributed by atoms with Crippen LogP contribution in [-0.4, -0.2) is 36.5 Å². The van der Waals surface area contributed by atoms with Gasteiger partial charge in [-0.15, -0.1) is 0 Å². The third-order valence-electron chi connectivity index (χ3n) is 2.87. The molecule has 4 nitrogen and oxygen atoms in total. The first-order chi connectivity index (χ1) is 7.69. The number of esters is 1. The number of carbonyl (C=O) groups is 1. The second-order valence-corrected chi connectivity index (χ2v) is 4.34. The van der Waals surface area contributed by atoms with Gasteiger partial charge in [-0.25, -0.2) is 4.79 Å². The lowest BCUT2D eigenvalue weighted by molar-refractivity contribution is -0.170. The van der Waals surface area contributed by atoms with Crippen LogP contribution in [0.15, 0.2) is 0 Å². The minimum atomic E-state index is -1.23. The lowest BCUT2D eigenvalue weighted by Gasteiger charge is -2.29. The summed E-state index contributed by atoms with van der Waals surface area (Å²) in [5.74, 6) is -0.479. The van der Waals surface area contributed by atoms with Crippen molar-refractivity contribution in [2.24, 2.45) is 0 Å². The molecule has 0 atom stereocenters. The van der Waals surface area contributed by atoms with Crippen molar-refractivity contribution >= 4 is 5.97 Å². The van der Waals surface area contributed by atoms with E-state index in [1.165, 1.54) is 0 Å². The molecule has 16 heavy (non-hydrogen) atoms. The smallest absolute Gasteiger partial charge is 0.338 e. The zero-order chi connectivity index (χ0) is 11.9. The quantitative estimate of drug-likeness (QED) is 0.557. The summed E-state index contributed by atoms with van der Waals surface area (Å²) in [6.45, 7) is 3.36. The van der Waals surface area contributed by atoms with Gasteiger partial charge in [0.25, 0.3) is 0 Å². The normalized spacial score (nSPS) is 19.4. The van der Waals surface area contributed by atoms with E-state index in [9.17, 15) is 9.90 Å². The second-order valence-electron chi connectivity index (χ2n) is 4.34. The molecular formula is C12H22O4. The molecule has 1 fully saturated rings. The number of aliphatic hydroxyl groups is 1. The van der Waals surface area contributed by atoms with E-state index in [2.05, 4.69) is 0 Å². The largest absolute Gasteiger partial charge is 0.461 e. The highest BCUT2D eigenvalue weighted by Gasteiger charge is 2.38. The SMILES string of the molecule is CCCOCCOC(=O)C1(O)CCCCC1. The molecule has 0 aromatic rings. The Bertz CT molecular complexity index is 209. The zero-order valence-electron chi connectivity index (χ0n) is 10.0. The first-order valence-corrected chi connectivity index (χ1v) is 6.16. The number of hydrogen-bond donors (Lipinski definition) is 1. The van der Waals surface area contributed by atoms with Gasteiger partial charge in [-0.2, -0.15) is 0 Å². The standard InChI is InChI=1S/C12H22O4/c1-2-8-15-9-10-16-11(13)12(14)6-4-3-5-7-12/h14H,2-10H2,1H3. The van der Waals surface area contributed by atoms with Crippen LogP contribution < -0.4 is 0 Å². The number of hydrogen-bond acceptors (Lipinski definition) is 4. The summed E-state index contributed by atoms with van der Waals surface area (Å²) in [6, 6.07) is 0. The van der Waals surface area contributed by atoms with Gasteiger partial charge in [-0.3, -0.25) is 0 Å². The highest BCUT2D eigenvalue weighted by molar-refractivity contribution is 5.79. The van der Waals surface area contributed by atoms with Crippen LogP contribution in [0.2, 0.25) is 0 Å². The molecule has 0 unspecified atom stereocenters. The number of carbonyl (C=O) groups excluding carboxylic acids is 1. The average molecular weight is 230 g/mol. The first kappa shape index (κ1) is 13.5. The van der Waals surface area contributed by atoms with Crippen molar-refractivity contribution in [2.75, 3.05) is 19.8 Å². The molecule has 0 bridgehead atoms. The molecule has 1 saturated carbocycles. The summed E-state index contributed by atoms with van der Waals surface area (Å²) < 4.78 is 10.2. The van der Waals surface area contributed by atoms with E-state index in [0.29, 0.717) is 26.1 Å². The van der Waals surface area contributed by atoms with Gasteiger partial charge in [0.1, 0.15) is 6.61 Å². The minimum Gasteiger partial charge on any atom is -0.461 e. The fourth-order valence-electron chi connectivity index (χ4n) is 1.91. The summed E-state index contributed by atoms with van der Waals surface area (Å²) >= 11 is 0. The van der Waals surface area contributed by atoms with Crippen LogP contribution in [0.25, 0.3) is 0 Å². The monoisotopic (exact) mass is 230 g/mol. The lowest BCUT2D eigenvalue weighted by atomic mass is 9.85. The summed E-state index contributed by atoms with van der Waals surface area (Å²) in [5.41, 5.74) is -1.23. The fourth-order valence-corrected chi connectivity index (χ4v) is 1.91. The molecule has 1 N–H and O–H groups in total. The average Bonchev–Trinajstić information content (AvgIpc) is 2.29. The van der Waals surface area contributed by atoms with Crippen LogP contribution >= 0.6 is 0 Å². The maximum atomic E-state index is 11.6. The predicted octanol–water partition coefficient (Wildman–Crippen LogP) is 1.65. The van der Waals surface area contributed by atoms with E-state index in [0.717, 1.165) is 25.7 Å². The zero-order valence-corrected chi connectivity index (χ0v) is 10.0. The van der Waals surface area contributed by atoms with Gasteiger partial charge in [0.2, 0.25) is 0 Å². The fraction of sp³-hybridized carbons (Fsp3) is 0.917. The number of rotatable bonds is 6. The van der Waals surface area contributed by atoms with Crippen LogP contribution in [-0.2, 0) is 14.3 Å². The first-order valence-electron chi connectivity index (χ1n) is 6.16. The Hall–Kier alpha value is -0.610. The highest BCUT2D eigenvalue weighted by atomic mass is 16.6. The van der Waals surface area contributed by atoms with E-state index in [4.69, 9.17) is 9.47 Å². The van der Waals surface area contributed by atoms with Gasteiger partial charge in [0.05, 0.1) is 6.61 Å². The molecule has 0 radical (unpaired) electrons. The van der Waals surface area contributed by atoms with E-state index in [1.54, 1.807) is 0 Å². The Morgan fingerprint density at radius 3 is 2.50 bits per heavy atom. The van der Waals surface area contributed by atoms with Gasteiger partial charge < -0.3 is 14.6 Å². The molecule has 1 rings (SSSR count). The minimum absolute atomic E-state index is 0.237. The lowest BCUT2D eigenvalue weighted by Crippen LogP contribution is -2.42. The molecule has 0 aliphatic heterocycles. The number of ether oxygens (including phenoxy) is 2. The molecule has 0 spiro atoms. The van der Waals surface area contributed by atoms with Gasteiger partial charge in [0, 0.05) is 6.61 Å². The topological polar surface area (TPSA) is 55.8 Å². The van der Waals surface area contributed by atoms with Crippen LogP contribution in [0.4, 0.5) is 0 Å². The van der Waals surface area contributed by atoms with Crippen LogP contribution in [0.3, 0.4) is 0 Å². The van der Waals surface area contributed by atoms with E-state index >= 15 is 0 Å². The highest BCUT2D eigenvalue weighted by Crippen LogP contribution is 2.28. The molecule has 94 valence electrons. The summed E-state index contributed by atoms with van der Waals surface area (Å²) in [5, 5.41) is 10.0. The summed E-state index contributed by atoms with van der Waals surface area (Å²) in [4.78, 5) is 11.6. The van der Waals surface area contributed by atoms with Crippen molar-refractivity contribution in [3.8, 4) is 0 Å². The van der Waals surface area contributed by atoms with Crippen LogP contribution in [0.1, 0.15) is 45.4 Å². The van der Waals surface area contributed by atoms with Crippen molar-refractivity contribution in [1.82, 2.24) is 0 Å². The Morgan fingerprint density at radius 2 is 1.88 bits per heavy atom. The molecule has 0 heterocycles. The van der Waals surface area contributed by atoms with Gasteiger partial charge in [-0.05, 0) is 32.1 Å². The van der Waals surface area contributed by atoms with Gasteiger partial charge in [-0.1, -0.05) is 13.3 Å². The third kappa shape index (κ3) is 4.10. The maximum absolute atomic E-state index is 11.6. The van der Waals surface area contributed by atoms with Crippen molar-refractivity contribution in [2.45, 2.75) is 51.0 Å².